The number of rotatable bonds is 11. The fraction of sp³-hybridized carbons (Fsp3) is 0.487. The molecule has 0 radical (unpaired) electrons. The van der Waals surface area contributed by atoms with Crippen molar-refractivity contribution in [1.29, 1.82) is 0 Å². The molecule has 0 aromatic heterocycles. The first kappa shape index (κ1) is 32.8. The summed E-state index contributed by atoms with van der Waals surface area (Å²) in [6.45, 7) is 13.4. The number of hydrogen-bond acceptors (Lipinski definition) is 4. The molecule has 0 aliphatic carbocycles. The van der Waals surface area contributed by atoms with Crippen LogP contribution < -0.4 is 10.4 Å². The Hall–Kier alpha value is -2.54. The first-order chi connectivity index (χ1) is 21.2. The van der Waals surface area contributed by atoms with Crippen LogP contribution in [0.25, 0.3) is 0 Å². The second kappa shape index (κ2) is 14.7. The van der Waals surface area contributed by atoms with Gasteiger partial charge in [0.15, 0.2) is 5.79 Å². The Morgan fingerprint density at radius 2 is 1.48 bits per heavy atom. The fourth-order valence-electron chi connectivity index (χ4n) is 6.93. The van der Waals surface area contributed by atoms with Gasteiger partial charge in [-0.2, -0.15) is 0 Å². The molecule has 5 rings (SSSR count). The lowest BCUT2D eigenvalue weighted by atomic mass is 9.87. The van der Waals surface area contributed by atoms with Gasteiger partial charge in [0.25, 0.3) is 8.32 Å². The van der Waals surface area contributed by atoms with Crippen LogP contribution in [0, 0.1) is 11.8 Å². The highest BCUT2D eigenvalue weighted by molar-refractivity contribution is 6.99. The summed E-state index contributed by atoms with van der Waals surface area (Å²) in [5.41, 5.74) is 1.21. The SMILES string of the molecule is C[C@@H](/C=C/[C@@H]1CCC[C@]2(CC[C@H](C)[C@@H](CO[Si](c3ccccc3)(c3ccccc3)C(C)(C)C)O2)O1)COCc1ccccc1. The lowest BCUT2D eigenvalue weighted by Crippen LogP contribution is -2.67. The van der Waals surface area contributed by atoms with Crippen molar-refractivity contribution in [1.82, 2.24) is 0 Å². The van der Waals surface area contributed by atoms with Crippen molar-refractivity contribution in [3.8, 4) is 0 Å². The summed E-state index contributed by atoms with van der Waals surface area (Å²) in [6.07, 6.45) is 9.62. The molecular formula is C39H52O4Si. The zero-order valence-electron chi connectivity index (χ0n) is 27.4. The molecule has 3 aromatic carbocycles. The van der Waals surface area contributed by atoms with Crippen LogP contribution >= 0.6 is 0 Å². The van der Waals surface area contributed by atoms with Crippen molar-refractivity contribution in [2.45, 2.75) is 96.4 Å². The Balaban J connectivity index is 1.25. The Morgan fingerprint density at radius 1 is 0.864 bits per heavy atom. The Morgan fingerprint density at radius 3 is 2.09 bits per heavy atom. The maximum Gasteiger partial charge on any atom is 0.261 e. The highest BCUT2D eigenvalue weighted by Gasteiger charge is 2.52. The van der Waals surface area contributed by atoms with E-state index in [2.05, 4.69) is 132 Å². The highest BCUT2D eigenvalue weighted by atomic mass is 28.4. The van der Waals surface area contributed by atoms with E-state index >= 15 is 0 Å². The van der Waals surface area contributed by atoms with Crippen molar-refractivity contribution in [2.24, 2.45) is 11.8 Å². The van der Waals surface area contributed by atoms with Gasteiger partial charge in [0.1, 0.15) is 0 Å². The van der Waals surface area contributed by atoms with Gasteiger partial charge in [-0.3, -0.25) is 0 Å². The third-order valence-electron chi connectivity index (χ3n) is 9.42. The normalized spacial score (nSPS) is 25.3. The third kappa shape index (κ3) is 7.81. The van der Waals surface area contributed by atoms with E-state index in [1.807, 2.05) is 6.07 Å². The topological polar surface area (TPSA) is 36.9 Å². The molecule has 0 bridgehead atoms. The lowest BCUT2D eigenvalue weighted by molar-refractivity contribution is -0.319. The average Bonchev–Trinajstić information content (AvgIpc) is 3.03. The number of hydrogen-bond donors (Lipinski definition) is 0. The minimum Gasteiger partial charge on any atom is -0.405 e. The van der Waals surface area contributed by atoms with E-state index in [9.17, 15) is 0 Å². The van der Waals surface area contributed by atoms with Crippen LogP contribution in [0.3, 0.4) is 0 Å². The summed E-state index contributed by atoms with van der Waals surface area (Å²) in [4.78, 5) is 0. The molecule has 2 saturated heterocycles. The summed E-state index contributed by atoms with van der Waals surface area (Å²) in [5.74, 6) is 0.187. The standard InChI is InChI=1S/C39H52O4Si/c1-31(28-40-29-33-16-9-6-10-17-33)23-24-34-18-15-26-39(42-34)27-25-32(2)37(43-39)30-41-44(38(3,4)5,35-19-11-7-12-20-35)36-21-13-8-14-22-36/h6-14,16-17,19-24,31-32,34,37H,15,18,25-30H2,1-5H3/b24-23+/t31-,32-,34-,37+,39-/m0/s1. The maximum absolute atomic E-state index is 7.32. The van der Waals surface area contributed by atoms with Gasteiger partial charge in [-0.15, -0.1) is 0 Å². The largest absolute Gasteiger partial charge is 0.405 e. The molecule has 0 unspecified atom stereocenters. The van der Waals surface area contributed by atoms with E-state index in [0.29, 0.717) is 31.7 Å². The van der Waals surface area contributed by atoms with Crippen LogP contribution in [0.4, 0.5) is 0 Å². The van der Waals surface area contributed by atoms with Crippen LogP contribution in [-0.4, -0.2) is 39.5 Å². The molecule has 4 nitrogen and oxygen atoms in total. The number of benzene rings is 3. The molecule has 2 aliphatic heterocycles. The summed E-state index contributed by atoms with van der Waals surface area (Å²) in [7, 11) is -2.64. The van der Waals surface area contributed by atoms with Crippen molar-refractivity contribution < 1.29 is 18.6 Å². The first-order valence-corrected chi connectivity index (χ1v) is 18.5. The zero-order chi connectivity index (χ0) is 31.0. The van der Waals surface area contributed by atoms with Gasteiger partial charge in [0.05, 0.1) is 32.0 Å². The minimum atomic E-state index is -2.64. The van der Waals surface area contributed by atoms with Crippen LogP contribution in [-0.2, 0) is 25.2 Å². The molecule has 2 heterocycles. The molecule has 3 aromatic rings. The smallest absolute Gasteiger partial charge is 0.261 e. The van der Waals surface area contributed by atoms with E-state index in [-0.39, 0.29) is 17.2 Å². The summed E-state index contributed by atoms with van der Waals surface area (Å²) < 4.78 is 27.1. The Bertz CT molecular complexity index is 1270. The quantitative estimate of drug-likeness (QED) is 0.162. The van der Waals surface area contributed by atoms with Gasteiger partial charge >= 0.3 is 0 Å². The highest BCUT2D eigenvalue weighted by Crippen LogP contribution is 2.43. The van der Waals surface area contributed by atoms with E-state index < -0.39 is 14.1 Å². The molecule has 1 spiro atoms. The number of ether oxygens (including phenoxy) is 3. The van der Waals surface area contributed by atoms with Crippen LogP contribution in [0.1, 0.15) is 72.3 Å². The first-order valence-electron chi connectivity index (χ1n) is 16.6. The molecule has 44 heavy (non-hydrogen) atoms. The molecule has 2 fully saturated rings. The summed E-state index contributed by atoms with van der Waals surface area (Å²) >= 11 is 0. The predicted octanol–water partition coefficient (Wildman–Crippen LogP) is 8.05. The van der Waals surface area contributed by atoms with Crippen LogP contribution in [0.15, 0.2) is 103 Å². The van der Waals surface area contributed by atoms with Crippen molar-refractivity contribution >= 4 is 18.7 Å². The molecule has 0 saturated carbocycles. The van der Waals surface area contributed by atoms with Crippen molar-refractivity contribution in [2.75, 3.05) is 13.2 Å². The predicted molar refractivity (Wildman–Crippen MR) is 183 cm³/mol. The molecular weight excluding hydrogens is 561 g/mol. The van der Waals surface area contributed by atoms with Gasteiger partial charge in [0, 0.05) is 12.8 Å². The average molecular weight is 613 g/mol. The van der Waals surface area contributed by atoms with Crippen molar-refractivity contribution in [3.63, 3.8) is 0 Å². The van der Waals surface area contributed by atoms with E-state index in [4.69, 9.17) is 18.6 Å². The summed E-state index contributed by atoms with van der Waals surface area (Å²) in [6, 6.07) is 32.1. The summed E-state index contributed by atoms with van der Waals surface area (Å²) in [5, 5.41) is 2.54. The molecule has 2 aliphatic rings. The van der Waals surface area contributed by atoms with Gasteiger partial charge in [-0.1, -0.05) is 138 Å². The lowest BCUT2D eigenvalue weighted by Gasteiger charge is -2.49. The minimum absolute atomic E-state index is 0.0153. The molecule has 5 heteroatoms. The van der Waals surface area contributed by atoms with Gasteiger partial charge in [0.2, 0.25) is 0 Å². The Kier molecular flexibility index (Phi) is 11.0. The molecule has 0 N–H and O–H groups in total. The van der Waals surface area contributed by atoms with E-state index in [1.165, 1.54) is 15.9 Å². The second-order valence-electron chi connectivity index (χ2n) is 14.0. The van der Waals surface area contributed by atoms with Gasteiger partial charge < -0.3 is 18.6 Å². The third-order valence-corrected chi connectivity index (χ3v) is 14.4. The second-order valence-corrected chi connectivity index (χ2v) is 18.3. The molecule has 236 valence electrons. The van der Waals surface area contributed by atoms with Gasteiger partial charge in [-0.05, 0) is 52.1 Å². The van der Waals surface area contributed by atoms with E-state index in [1.54, 1.807) is 0 Å². The van der Waals surface area contributed by atoms with E-state index in [0.717, 1.165) is 32.1 Å². The monoisotopic (exact) mass is 612 g/mol. The molecule has 0 amide bonds. The fourth-order valence-corrected chi connectivity index (χ4v) is 11.5. The van der Waals surface area contributed by atoms with Gasteiger partial charge in [-0.25, -0.2) is 0 Å². The zero-order valence-corrected chi connectivity index (χ0v) is 28.4. The maximum atomic E-state index is 7.32. The van der Waals surface area contributed by atoms with Crippen molar-refractivity contribution in [3.05, 3.63) is 109 Å². The van der Waals surface area contributed by atoms with Crippen LogP contribution in [0.5, 0.6) is 0 Å². The Labute approximate surface area is 266 Å². The molecule has 5 atom stereocenters. The van der Waals surface area contributed by atoms with Crippen LogP contribution in [0.2, 0.25) is 5.04 Å².